The van der Waals surface area contributed by atoms with Gasteiger partial charge in [0.25, 0.3) is 0 Å². The molecule has 3 atom stereocenters. The first-order valence-corrected chi connectivity index (χ1v) is 12.9. The molecule has 0 saturated carbocycles. The van der Waals surface area contributed by atoms with Gasteiger partial charge in [0, 0.05) is 12.5 Å². The Hall–Kier alpha value is -3.01. The van der Waals surface area contributed by atoms with Crippen molar-refractivity contribution >= 4 is 35.5 Å². The first-order valence-electron chi connectivity index (χ1n) is 12.5. The molecule has 0 radical (unpaired) electrons. The van der Waals surface area contributed by atoms with Gasteiger partial charge in [-0.15, -0.1) is 0 Å². The number of carbonyl (C=O) groups is 4. The van der Waals surface area contributed by atoms with Crippen LogP contribution < -0.4 is 20.7 Å². The zero-order chi connectivity index (χ0) is 29.4. The number of nitrogens with one attached hydrogen (secondary N) is 3. The third-order valence-electron chi connectivity index (χ3n) is 6.00. The van der Waals surface area contributed by atoms with Crippen molar-refractivity contribution in [1.82, 2.24) is 16.0 Å². The molecule has 38 heavy (non-hydrogen) atoms. The lowest BCUT2D eigenvalue weighted by Gasteiger charge is -2.33. The number of amides is 3. The predicted octanol–water partition coefficient (Wildman–Crippen LogP) is 3.93. The summed E-state index contributed by atoms with van der Waals surface area (Å²) in [5, 5.41) is 17.8. The molecule has 4 N–H and O–H groups in total. The van der Waals surface area contributed by atoms with Gasteiger partial charge in [-0.25, -0.2) is 9.59 Å². The number of rotatable bonds is 12. The molecule has 1 aromatic carbocycles. The topological polar surface area (TPSA) is 143 Å². The average molecular weight is 556 g/mol. The Morgan fingerprint density at radius 1 is 0.974 bits per heavy atom. The van der Waals surface area contributed by atoms with Crippen molar-refractivity contribution < 1.29 is 33.8 Å². The van der Waals surface area contributed by atoms with E-state index in [1.807, 2.05) is 13.8 Å². The van der Waals surface area contributed by atoms with Crippen LogP contribution in [0.1, 0.15) is 67.4 Å². The Morgan fingerprint density at radius 2 is 1.58 bits per heavy atom. The Bertz CT molecular complexity index is 1000. The van der Waals surface area contributed by atoms with E-state index < -0.39 is 53.0 Å². The summed E-state index contributed by atoms with van der Waals surface area (Å²) in [5.74, 6) is -1.66. The van der Waals surface area contributed by atoms with Crippen LogP contribution in [0.15, 0.2) is 18.2 Å². The van der Waals surface area contributed by atoms with Gasteiger partial charge in [-0.05, 0) is 71.6 Å². The number of hydrogen-bond donors (Lipinski definition) is 4. The van der Waals surface area contributed by atoms with Crippen molar-refractivity contribution in [3.63, 3.8) is 0 Å². The minimum atomic E-state index is -1.17. The number of alkyl carbamates (subject to hydrolysis) is 1. The van der Waals surface area contributed by atoms with Gasteiger partial charge in [0.05, 0.1) is 17.5 Å². The van der Waals surface area contributed by atoms with Crippen LogP contribution in [0.2, 0.25) is 5.02 Å². The van der Waals surface area contributed by atoms with E-state index in [9.17, 15) is 24.3 Å². The molecule has 0 fully saturated rings. The van der Waals surface area contributed by atoms with Crippen molar-refractivity contribution in [3.05, 3.63) is 28.8 Å². The van der Waals surface area contributed by atoms with Gasteiger partial charge in [0.1, 0.15) is 23.4 Å². The second-order valence-electron chi connectivity index (χ2n) is 11.3. The van der Waals surface area contributed by atoms with E-state index in [0.29, 0.717) is 16.3 Å². The number of carbonyl (C=O) groups excluding carboxylic acids is 3. The van der Waals surface area contributed by atoms with Crippen LogP contribution in [0.4, 0.5) is 4.79 Å². The molecule has 3 unspecified atom stereocenters. The molecule has 1 rings (SSSR count). The maximum absolute atomic E-state index is 13.3. The number of methoxy groups -OCH3 is 1. The number of halogens is 1. The SMILES string of the molecule is COc1ccc(CC(NC(=O)OC(C)(C)C)C(=O)NC(C)C(C)(C)C(=O)NC(CC(C)C)C(=O)O)cc1Cl. The highest BCUT2D eigenvalue weighted by atomic mass is 35.5. The van der Waals surface area contributed by atoms with Gasteiger partial charge in [0.2, 0.25) is 11.8 Å². The maximum atomic E-state index is 13.3. The molecule has 0 aromatic heterocycles. The quantitative estimate of drug-likeness (QED) is 0.306. The molecule has 0 bridgehead atoms. The highest BCUT2D eigenvalue weighted by molar-refractivity contribution is 6.32. The molecular formula is C27H42ClN3O7. The number of aliphatic carboxylic acids is 1. The van der Waals surface area contributed by atoms with Crippen molar-refractivity contribution in [2.45, 2.75) is 92.0 Å². The molecule has 1 aromatic rings. The van der Waals surface area contributed by atoms with E-state index in [1.165, 1.54) is 7.11 Å². The molecule has 0 spiro atoms. The fourth-order valence-corrected chi connectivity index (χ4v) is 3.74. The van der Waals surface area contributed by atoms with E-state index in [0.717, 1.165) is 0 Å². The van der Waals surface area contributed by atoms with Crippen LogP contribution >= 0.6 is 11.6 Å². The fourth-order valence-electron chi connectivity index (χ4n) is 3.46. The van der Waals surface area contributed by atoms with E-state index in [2.05, 4.69) is 16.0 Å². The van der Waals surface area contributed by atoms with Gasteiger partial charge < -0.3 is 30.5 Å². The number of carboxylic acids is 1. The fraction of sp³-hybridized carbons (Fsp3) is 0.630. The van der Waals surface area contributed by atoms with Crippen LogP contribution in [0.25, 0.3) is 0 Å². The van der Waals surface area contributed by atoms with E-state index >= 15 is 0 Å². The number of carboxylic acid groups (broad SMARTS) is 1. The summed E-state index contributed by atoms with van der Waals surface area (Å²) in [5.41, 5.74) is -1.28. The van der Waals surface area contributed by atoms with Crippen LogP contribution in [0, 0.1) is 11.3 Å². The molecule has 0 heterocycles. The monoisotopic (exact) mass is 555 g/mol. The summed E-state index contributed by atoms with van der Waals surface area (Å²) < 4.78 is 10.5. The summed E-state index contributed by atoms with van der Waals surface area (Å²) in [6.45, 7) is 13.7. The Balaban J connectivity index is 3.11. The van der Waals surface area contributed by atoms with Crippen molar-refractivity contribution in [1.29, 1.82) is 0 Å². The first-order chi connectivity index (χ1) is 17.4. The van der Waals surface area contributed by atoms with Gasteiger partial charge in [-0.1, -0.05) is 31.5 Å². The lowest BCUT2D eigenvalue weighted by Crippen LogP contribution is -2.57. The second kappa shape index (κ2) is 13.7. The average Bonchev–Trinajstić information content (AvgIpc) is 2.76. The third-order valence-corrected chi connectivity index (χ3v) is 6.30. The van der Waals surface area contributed by atoms with Crippen LogP contribution in [-0.2, 0) is 25.5 Å². The molecular weight excluding hydrogens is 514 g/mol. The lowest BCUT2D eigenvalue weighted by molar-refractivity contribution is -0.144. The molecule has 0 saturated heterocycles. The molecule has 10 nitrogen and oxygen atoms in total. The number of ether oxygens (including phenoxy) is 2. The normalized spacial score (nSPS) is 14.2. The summed E-state index contributed by atoms with van der Waals surface area (Å²) in [7, 11) is 1.49. The molecule has 0 aliphatic rings. The molecule has 0 aliphatic heterocycles. The van der Waals surface area contributed by atoms with Crippen LogP contribution in [0.3, 0.4) is 0 Å². The zero-order valence-corrected chi connectivity index (χ0v) is 24.5. The minimum Gasteiger partial charge on any atom is -0.495 e. The Labute approximate surface area is 230 Å². The number of hydrogen-bond acceptors (Lipinski definition) is 6. The van der Waals surface area contributed by atoms with Gasteiger partial charge in [0.15, 0.2) is 0 Å². The van der Waals surface area contributed by atoms with Crippen molar-refractivity contribution in [2.75, 3.05) is 7.11 Å². The Kier molecular flexibility index (Phi) is 11.9. The molecule has 0 aliphatic carbocycles. The lowest BCUT2D eigenvalue weighted by atomic mass is 9.83. The van der Waals surface area contributed by atoms with E-state index in [-0.39, 0.29) is 18.8 Å². The van der Waals surface area contributed by atoms with Crippen molar-refractivity contribution in [3.8, 4) is 5.75 Å². The van der Waals surface area contributed by atoms with Gasteiger partial charge in [-0.3, -0.25) is 9.59 Å². The van der Waals surface area contributed by atoms with Gasteiger partial charge in [-0.2, -0.15) is 0 Å². The standard InChI is InChI=1S/C27H42ClN3O7/c1-15(2)12-20(23(33)34)30-24(35)27(7,8)16(3)29-22(32)19(31-25(36)38-26(4,5)6)14-17-10-11-21(37-9)18(28)13-17/h10-11,13,15-16,19-20H,12,14H2,1-9H3,(H,29,32)(H,30,35)(H,31,36)(H,33,34). The maximum Gasteiger partial charge on any atom is 0.408 e. The molecule has 3 amide bonds. The van der Waals surface area contributed by atoms with Crippen LogP contribution in [-0.4, -0.2) is 59.8 Å². The summed E-state index contributed by atoms with van der Waals surface area (Å²) in [4.78, 5) is 50.5. The second-order valence-corrected chi connectivity index (χ2v) is 11.7. The Morgan fingerprint density at radius 3 is 2.05 bits per heavy atom. The first kappa shape index (κ1) is 33.0. The predicted molar refractivity (Wildman–Crippen MR) is 145 cm³/mol. The summed E-state index contributed by atoms with van der Waals surface area (Å²) in [6, 6.07) is 2.20. The van der Waals surface area contributed by atoms with Gasteiger partial charge >= 0.3 is 12.1 Å². The van der Waals surface area contributed by atoms with E-state index in [4.69, 9.17) is 21.1 Å². The highest BCUT2D eigenvalue weighted by Crippen LogP contribution is 2.26. The number of benzene rings is 1. The minimum absolute atomic E-state index is 0.0581. The third kappa shape index (κ3) is 10.4. The van der Waals surface area contributed by atoms with Crippen molar-refractivity contribution in [2.24, 2.45) is 11.3 Å². The summed E-state index contributed by atoms with van der Waals surface area (Å²) in [6.07, 6.45) is -0.423. The smallest absolute Gasteiger partial charge is 0.408 e. The molecule has 214 valence electrons. The van der Waals surface area contributed by atoms with Crippen LogP contribution in [0.5, 0.6) is 5.75 Å². The summed E-state index contributed by atoms with van der Waals surface area (Å²) >= 11 is 6.24. The zero-order valence-electron chi connectivity index (χ0n) is 23.7. The van der Waals surface area contributed by atoms with E-state index in [1.54, 1.807) is 59.7 Å². The highest BCUT2D eigenvalue weighted by Gasteiger charge is 2.38. The molecule has 11 heteroatoms. The largest absolute Gasteiger partial charge is 0.495 e.